The highest BCUT2D eigenvalue weighted by molar-refractivity contribution is 7.92. The molecule has 7 heteroatoms. The van der Waals surface area contributed by atoms with Gasteiger partial charge < -0.3 is 4.74 Å². The standard InChI is InChI=1S/C16H19FN2O3S/c1-10(2)22-15-6-5-13(17)9-16(15)23(20,21)19-14-7-11(3)18-12(4)8-14/h5-10H,1-4H3,(H,18,19). The van der Waals surface area contributed by atoms with E-state index in [0.717, 1.165) is 12.1 Å². The van der Waals surface area contributed by atoms with Crippen LogP contribution in [0.4, 0.5) is 10.1 Å². The number of pyridine rings is 1. The third kappa shape index (κ3) is 4.41. The van der Waals surface area contributed by atoms with Crippen molar-refractivity contribution >= 4 is 15.7 Å². The van der Waals surface area contributed by atoms with Gasteiger partial charge in [-0.2, -0.15) is 0 Å². The zero-order valence-corrected chi connectivity index (χ0v) is 14.2. The molecule has 2 aromatic rings. The molecule has 1 heterocycles. The van der Waals surface area contributed by atoms with Crippen molar-refractivity contribution in [3.8, 4) is 5.75 Å². The maximum Gasteiger partial charge on any atom is 0.265 e. The maximum absolute atomic E-state index is 13.5. The lowest BCUT2D eigenvalue weighted by Crippen LogP contribution is -2.17. The van der Waals surface area contributed by atoms with Gasteiger partial charge in [-0.15, -0.1) is 0 Å². The van der Waals surface area contributed by atoms with Crippen LogP contribution in [0.2, 0.25) is 0 Å². The fourth-order valence-electron chi connectivity index (χ4n) is 2.15. The van der Waals surface area contributed by atoms with E-state index in [1.165, 1.54) is 6.07 Å². The molecular formula is C16H19FN2O3S. The highest BCUT2D eigenvalue weighted by Gasteiger charge is 2.22. The summed E-state index contributed by atoms with van der Waals surface area (Å²) in [4.78, 5) is 3.95. The summed E-state index contributed by atoms with van der Waals surface area (Å²) in [6.45, 7) is 7.06. The number of sulfonamides is 1. The van der Waals surface area contributed by atoms with Crippen molar-refractivity contribution in [2.24, 2.45) is 0 Å². The van der Waals surface area contributed by atoms with Crippen molar-refractivity contribution in [3.63, 3.8) is 0 Å². The van der Waals surface area contributed by atoms with Gasteiger partial charge in [-0.1, -0.05) is 0 Å². The van der Waals surface area contributed by atoms with Gasteiger partial charge >= 0.3 is 0 Å². The molecule has 0 spiro atoms. The van der Waals surface area contributed by atoms with E-state index >= 15 is 0 Å². The minimum atomic E-state index is -3.99. The lowest BCUT2D eigenvalue weighted by atomic mass is 10.3. The van der Waals surface area contributed by atoms with Crippen LogP contribution in [-0.4, -0.2) is 19.5 Å². The molecule has 0 saturated carbocycles. The summed E-state index contributed by atoms with van der Waals surface area (Å²) in [5.41, 5.74) is 1.73. The molecule has 0 aliphatic carbocycles. The van der Waals surface area contributed by atoms with Gasteiger partial charge in [0, 0.05) is 11.4 Å². The molecular weight excluding hydrogens is 319 g/mol. The summed E-state index contributed by atoms with van der Waals surface area (Å²) in [6.07, 6.45) is -0.236. The van der Waals surface area contributed by atoms with E-state index in [1.807, 2.05) is 0 Å². The second-order valence-corrected chi connectivity index (χ2v) is 7.15. The van der Waals surface area contributed by atoms with E-state index in [0.29, 0.717) is 17.1 Å². The average Bonchev–Trinajstić information content (AvgIpc) is 2.38. The van der Waals surface area contributed by atoms with Crippen LogP contribution in [0.5, 0.6) is 5.75 Å². The number of nitrogens with zero attached hydrogens (tertiary/aromatic N) is 1. The lowest BCUT2D eigenvalue weighted by molar-refractivity contribution is 0.235. The Morgan fingerprint density at radius 2 is 1.74 bits per heavy atom. The molecule has 23 heavy (non-hydrogen) atoms. The van der Waals surface area contributed by atoms with Crippen molar-refractivity contribution in [3.05, 3.63) is 47.5 Å². The van der Waals surface area contributed by atoms with Crippen LogP contribution in [-0.2, 0) is 10.0 Å². The van der Waals surface area contributed by atoms with Gasteiger partial charge in [0.1, 0.15) is 16.5 Å². The molecule has 0 radical (unpaired) electrons. The number of nitrogens with one attached hydrogen (secondary N) is 1. The minimum absolute atomic E-state index is 0.108. The fourth-order valence-corrected chi connectivity index (χ4v) is 3.33. The molecule has 0 bridgehead atoms. The zero-order chi connectivity index (χ0) is 17.2. The van der Waals surface area contributed by atoms with E-state index in [9.17, 15) is 12.8 Å². The third-order valence-corrected chi connectivity index (χ3v) is 4.29. The van der Waals surface area contributed by atoms with Gasteiger partial charge in [0.05, 0.1) is 11.8 Å². The van der Waals surface area contributed by atoms with Crippen LogP contribution in [0, 0.1) is 19.7 Å². The number of aromatic nitrogens is 1. The second kappa shape index (κ2) is 6.54. The van der Waals surface area contributed by atoms with Gasteiger partial charge in [-0.3, -0.25) is 9.71 Å². The van der Waals surface area contributed by atoms with E-state index < -0.39 is 15.8 Å². The Balaban J connectivity index is 2.44. The molecule has 0 fully saturated rings. The first-order valence-corrected chi connectivity index (χ1v) is 8.60. The first kappa shape index (κ1) is 17.2. The quantitative estimate of drug-likeness (QED) is 0.907. The number of ether oxygens (including phenoxy) is 1. The molecule has 1 aromatic carbocycles. The number of aryl methyl sites for hydroxylation is 2. The van der Waals surface area contributed by atoms with Gasteiger partial charge in [0.25, 0.3) is 10.0 Å². The number of hydrogen-bond acceptors (Lipinski definition) is 4. The normalized spacial score (nSPS) is 11.6. The van der Waals surface area contributed by atoms with Gasteiger partial charge in [0.15, 0.2) is 0 Å². The number of rotatable bonds is 5. The zero-order valence-electron chi connectivity index (χ0n) is 13.4. The highest BCUT2D eigenvalue weighted by Crippen LogP contribution is 2.28. The van der Waals surface area contributed by atoms with E-state index in [-0.39, 0.29) is 16.7 Å². The summed E-state index contributed by atoms with van der Waals surface area (Å²) < 4.78 is 46.6. The summed E-state index contributed by atoms with van der Waals surface area (Å²) in [6, 6.07) is 6.63. The Morgan fingerprint density at radius 1 is 1.13 bits per heavy atom. The largest absolute Gasteiger partial charge is 0.490 e. The van der Waals surface area contributed by atoms with Crippen molar-refractivity contribution in [1.82, 2.24) is 4.98 Å². The van der Waals surface area contributed by atoms with E-state index in [2.05, 4.69) is 9.71 Å². The molecule has 1 N–H and O–H groups in total. The van der Waals surface area contributed by atoms with Gasteiger partial charge in [-0.25, -0.2) is 12.8 Å². The molecule has 0 amide bonds. The van der Waals surface area contributed by atoms with E-state index in [1.54, 1.807) is 39.8 Å². The van der Waals surface area contributed by atoms with Crippen molar-refractivity contribution in [2.75, 3.05) is 4.72 Å². The summed E-state index contributed by atoms with van der Waals surface area (Å²) in [5, 5.41) is 0. The topological polar surface area (TPSA) is 68.3 Å². The van der Waals surface area contributed by atoms with Crippen molar-refractivity contribution < 1.29 is 17.5 Å². The predicted molar refractivity (Wildman–Crippen MR) is 86.7 cm³/mol. The smallest absolute Gasteiger partial charge is 0.265 e. The van der Waals surface area contributed by atoms with Crippen molar-refractivity contribution in [1.29, 1.82) is 0 Å². The number of benzene rings is 1. The molecule has 2 rings (SSSR count). The maximum atomic E-state index is 13.5. The predicted octanol–water partition coefficient (Wildman–Crippen LogP) is 3.43. The molecule has 0 unspecified atom stereocenters. The molecule has 124 valence electrons. The molecule has 0 saturated heterocycles. The van der Waals surface area contributed by atoms with Crippen LogP contribution in [0.15, 0.2) is 35.2 Å². The highest BCUT2D eigenvalue weighted by atomic mass is 32.2. The molecule has 0 atom stereocenters. The number of anilines is 1. The molecule has 0 aliphatic heterocycles. The fraction of sp³-hybridized carbons (Fsp3) is 0.312. The Labute approximate surface area is 135 Å². The first-order valence-electron chi connectivity index (χ1n) is 7.12. The molecule has 0 aliphatic rings. The van der Waals surface area contributed by atoms with Crippen LogP contribution in [0.3, 0.4) is 0 Å². The van der Waals surface area contributed by atoms with Gasteiger partial charge in [0.2, 0.25) is 0 Å². The summed E-state index contributed by atoms with van der Waals surface area (Å²) in [7, 11) is -3.99. The minimum Gasteiger partial charge on any atom is -0.490 e. The van der Waals surface area contributed by atoms with E-state index in [4.69, 9.17) is 4.74 Å². The average molecular weight is 338 g/mol. The third-order valence-electron chi connectivity index (χ3n) is 2.89. The number of halogens is 1. The molecule has 1 aromatic heterocycles. The lowest BCUT2D eigenvalue weighted by Gasteiger charge is -2.16. The van der Waals surface area contributed by atoms with Crippen molar-refractivity contribution in [2.45, 2.75) is 38.7 Å². The molecule has 5 nitrogen and oxygen atoms in total. The Bertz CT molecular complexity index is 800. The number of hydrogen-bond donors (Lipinski definition) is 1. The van der Waals surface area contributed by atoms with Crippen LogP contribution in [0.1, 0.15) is 25.2 Å². The monoisotopic (exact) mass is 338 g/mol. The van der Waals surface area contributed by atoms with Crippen LogP contribution in [0.25, 0.3) is 0 Å². The Morgan fingerprint density at radius 3 is 2.30 bits per heavy atom. The van der Waals surface area contributed by atoms with Gasteiger partial charge in [-0.05, 0) is 58.0 Å². The Hall–Kier alpha value is -2.15. The summed E-state index contributed by atoms with van der Waals surface area (Å²) in [5.74, 6) is -0.542. The Kier molecular flexibility index (Phi) is 4.89. The first-order chi connectivity index (χ1) is 10.7. The second-order valence-electron chi connectivity index (χ2n) is 5.50. The van der Waals surface area contributed by atoms with Crippen LogP contribution < -0.4 is 9.46 Å². The van der Waals surface area contributed by atoms with Crippen LogP contribution >= 0.6 is 0 Å². The summed E-state index contributed by atoms with van der Waals surface area (Å²) >= 11 is 0. The SMILES string of the molecule is Cc1cc(NS(=O)(=O)c2cc(F)ccc2OC(C)C)cc(C)n1.